The molecule has 8 heteroatoms. The predicted molar refractivity (Wildman–Crippen MR) is 91.0 cm³/mol. The van der Waals surface area contributed by atoms with Gasteiger partial charge in [-0.05, 0) is 40.5 Å². The van der Waals surface area contributed by atoms with Gasteiger partial charge in [0.15, 0.2) is 0 Å². The maximum Gasteiger partial charge on any atom is 0.410 e. The van der Waals surface area contributed by atoms with Crippen LogP contribution in [0.25, 0.3) is 0 Å². The van der Waals surface area contributed by atoms with Crippen molar-refractivity contribution in [3.05, 3.63) is 27.4 Å². The summed E-state index contributed by atoms with van der Waals surface area (Å²) in [6.07, 6.45) is 0.704. The van der Waals surface area contributed by atoms with E-state index >= 15 is 0 Å². The number of carbonyl (C=O) groups is 2. The van der Waals surface area contributed by atoms with Crippen molar-refractivity contribution in [1.82, 2.24) is 14.5 Å². The summed E-state index contributed by atoms with van der Waals surface area (Å²) in [6.45, 7) is 7.98. The number of rotatable bonds is 2. The number of carboxylic acid groups (broad SMARTS) is 1. The van der Waals surface area contributed by atoms with Crippen LogP contribution < -0.4 is 5.56 Å². The fourth-order valence-corrected chi connectivity index (χ4v) is 2.89. The van der Waals surface area contributed by atoms with Crippen LogP contribution in [0.2, 0.25) is 0 Å². The second-order valence-electron chi connectivity index (χ2n) is 7.33. The number of piperidine rings is 1. The molecule has 0 bridgehead atoms. The number of aromatic nitrogens is 2. The normalized spacial score (nSPS) is 16.0. The van der Waals surface area contributed by atoms with Crippen LogP contribution in [-0.4, -0.2) is 50.3 Å². The number of carboxylic acids is 1. The molecule has 0 spiro atoms. The number of nitrogens with zero attached hydrogens (tertiary/aromatic N) is 3. The van der Waals surface area contributed by atoms with E-state index in [9.17, 15) is 19.5 Å². The van der Waals surface area contributed by atoms with Gasteiger partial charge in [-0.1, -0.05) is 0 Å². The molecular weight excluding hydrogens is 326 g/mol. The first-order valence-electron chi connectivity index (χ1n) is 8.30. The molecule has 1 aromatic heterocycles. The molecule has 0 aromatic carbocycles. The van der Waals surface area contributed by atoms with Crippen LogP contribution in [0.3, 0.4) is 0 Å². The number of hydrogen-bond donors (Lipinski definition) is 1. The molecule has 1 N–H and O–H groups in total. The van der Waals surface area contributed by atoms with E-state index in [2.05, 4.69) is 4.98 Å². The first kappa shape index (κ1) is 19.0. The van der Waals surface area contributed by atoms with Crippen molar-refractivity contribution in [2.24, 2.45) is 7.05 Å². The zero-order valence-electron chi connectivity index (χ0n) is 15.3. The van der Waals surface area contributed by atoms with Crippen molar-refractivity contribution in [1.29, 1.82) is 0 Å². The van der Waals surface area contributed by atoms with E-state index in [-0.39, 0.29) is 17.6 Å². The van der Waals surface area contributed by atoms with Crippen LogP contribution in [0.5, 0.6) is 0 Å². The van der Waals surface area contributed by atoms with Crippen molar-refractivity contribution in [2.75, 3.05) is 13.1 Å². The summed E-state index contributed by atoms with van der Waals surface area (Å²) in [5.41, 5.74) is -1.07. The molecule has 1 saturated heterocycles. The third kappa shape index (κ3) is 4.18. The lowest BCUT2D eigenvalue weighted by atomic mass is 9.90. The molecule has 8 nitrogen and oxygen atoms in total. The Balaban J connectivity index is 2.20. The molecule has 2 rings (SSSR count). The molecule has 1 aliphatic heterocycles. The van der Waals surface area contributed by atoms with Crippen molar-refractivity contribution < 1.29 is 19.4 Å². The van der Waals surface area contributed by atoms with E-state index in [0.717, 1.165) is 0 Å². The number of carbonyl (C=O) groups excluding carboxylic acids is 1. The van der Waals surface area contributed by atoms with Crippen LogP contribution in [0.4, 0.5) is 4.79 Å². The summed E-state index contributed by atoms with van der Waals surface area (Å²) < 4.78 is 6.60. The Bertz CT molecular complexity index is 740. The standard InChI is InChI=1S/C17H25N3O5/c1-10-18-13(12(15(22)23)14(21)19(10)5)11-6-8-20(9-7-11)16(24)25-17(2,3)4/h11H,6-9H2,1-5H3,(H,22,23). The number of likely N-dealkylation sites (tertiary alicyclic amines) is 1. The number of amides is 1. The van der Waals surface area contributed by atoms with E-state index in [1.54, 1.807) is 11.8 Å². The average Bonchev–Trinajstić information content (AvgIpc) is 2.50. The van der Waals surface area contributed by atoms with Crippen molar-refractivity contribution in [2.45, 2.75) is 52.1 Å². The third-order valence-electron chi connectivity index (χ3n) is 4.29. The Hall–Kier alpha value is -2.38. The Morgan fingerprint density at radius 3 is 2.28 bits per heavy atom. The van der Waals surface area contributed by atoms with E-state index in [1.165, 1.54) is 11.6 Å². The fraction of sp³-hybridized carbons (Fsp3) is 0.647. The minimum atomic E-state index is -1.27. The van der Waals surface area contributed by atoms with Gasteiger partial charge >= 0.3 is 12.1 Å². The number of ether oxygens (including phenoxy) is 1. The summed E-state index contributed by atoms with van der Waals surface area (Å²) in [5, 5.41) is 9.42. The van der Waals surface area contributed by atoms with Gasteiger partial charge in [-0.3, -0.25) is 9.36 Å². The minimum Gasteiger partial charge on any atom is -0.477 e. The van der Waals surface area contributed by atoms with Crippen LogP contribution >= 0.6 is 0 Å². The van der Waals surface area contributed by atoms with Gasteiger partial charge in [0.1, 0.15) is 17.0 Å². The first-order valence-corrected chi connectivity index (χ1v) is 8.30. The smallest absolute Gasteiger partial charge is 0.410 e. The zero-order valence-corrected chi connectivity index (χ0v) is 15.3. The molecule has 0 saturated carbocycles. The molecule has 138 valence electrons. The van der Waals surface area contributed by atoms with Crippen LogP contribution in [0, 0.1) is 6.92 Å². The molecule has 0 atom stereocenters. The monoisotopic (exact) mass is 351 g/mol. The third-order valence-corrected chi connectivity index (χ3v) is 4.29. The first-order chi connectivity index (χ1) is 11.5. The summed E-state index contributed by atoms with van der Waals surface area (Å²) in [4.78, 5) is 41.9. The molecule has 25 heavy (non-hydrogen) atoms. The topological polar surface area (TPSA) is 102 Å². The second kappa shape index (κ2) is 6.85. The summed E-state index contributed by atoms with van der Waals surface area (Å²) in [6, 6.07) is 0. The Kier molecular flexibility index (Phi) is 5.20. The van der Waals surface area contributed by atoms with Gasteiger partial charge < -0.3 is 14.7 Å². The minimum absolute atomic E-state index is 0.169. The van der Waals surface area contributed by atoms with Gasteiger partial charge in [0.2, 0.25) is 0 Å². The maximum absolute atomic E-state index is 12.3. The zero-order chi connectivity index (χ0) is 18.9. The van der Waals surface area contributed by atoms with Gasteiger partial charge in [-0.15, -0.1) is 0 Å². The molecule has 1 amide bonds. The molecule has 1 fully saturated rings. The highest BCUT2D eigenvalue weighted by Gasteiger charge is 2.31. The lowest BCUT2D eigenvalue weighted by molar-refractivity contribution is 0.0202. The van der Waals surface area contributed by atoms with Crippen LogP contribution in [0.15, 0.2) is 4.79 Å². The molecule has 1 aliphatic rings. The maximum atomic E-state index is 12.3. The van der Waals surface area contributed by atoms with Gasteiger partial charge in [-0.25, -0.2) is 14.6 Å². The lowest BCUT2D eigenvalue weighted by Gasteiger charge is -2.33. The van der Waals surface area contributed by atoms with E-state index in [1.807, 2.05) is 20.8 Å². The number of aromatic carboxylic acids is 1. The molecule has 2 heterocycles. The lowest BCUT2D eigenvalue weighted by Crippen LogP contribution is -2.42. The SMILES string of the molecule is Cc1nc(C2CCN(C(=O)OC(C)(C)C)CC2)c(C(=O)O)c(=O)n1C. The highest BCUT2D eigenvalue weighted by Crippen LogP contribution is 2.29. The summed E-state index contributed by atoms with van der Waals surface area (Å²) in [5.74, 6) is -0.963. The van der Waals surface area contributed by atoms with Gasteiger partial charge in [0.25, 0.3) is 5.56 Å². The van der Waals surface area contributed by atoms with Crippen LogP contribution in [-0.2, 0) is 11.8 Å². The summed E-state index contributed by atoms with van der Waals surface area (Å²) in [7, 11) is 1.51. The fourth-order valence-electron chi connectivity index (χ4n) is 2.89. The van der Waals surface area contributed by atoms with Gasteiger partial charge in [0, 0.05) is 26.1 Å². The molecule has 0 aliphatic carbocycles. The molecule has 1 aromatic rings. The van der Waals surface area contributed by atoms with Crippen molar-refractivity contribution >= 4 is 12.1 Å². The van der Waals surface area contributed by atoms with E-state index < -0.39 is 17.1 Å². The second-order valence-corrected chi connectivity index (χ2v) is 7.33. The van der Waals surface area contributed by atoms with Gasteiger partial charge in [0.05, 0.1) is 5.69 Å². The number of hydrogen-bond acceptors (Lipinski definition) is 5. The van der Waals surface area contributed by atoms with Crippen molar-refractivity contribution in [3.63, 3.8) is 0 Å². The largest absolute Gasteiger partial charge is 0.477 e. The Morgan fingerprint density at radius 1 is 1.24 bits per heavy atom. The predicted octanol–water partition coefficient (Wildman–Crippen LogP) is 1.90. The van der Waals surface area contributed by atoms with E-state index in [4.69, 9.17) is 4.74 Å². The van der Waals surface area contributed by atoms with E-state index in [0.29, 0.717) is 37.4 Å². The molecule has 0 radical (unpaired) electrons. The van der Waals surface area contributed by atoms with Gasteiger partial charge in [-0.2, -0.15) is 0 Å². The Morgan fingerprint density at radius 2 is 1.80 bits per heavy atom. The highest BCUT2D eigenvalue weighted by atomic mass is 16.6. The van der Waals surface area contributed by atoms with Crippen LogP contribution in [0.1, 0.15) is 61.4 Å². The summed E-state index contributed by atoms with van der Waals surface area (Å²) >= 11 is 0. The molecular formula is C17H25N3O5. The number of aryl methyl sites for hydroxylation is 1. The van der Waals surface area contributed by atoms with Crippen molar-refractivity contribution in [3.8, 4) is 0 Å². The quantitative estimate of drug-likeness (QED) is 0.873. The Labute approximate surface area is 146 Å². The molecule has 0 unspecified atom stereocenters. The highest BCUT2D eigenvalue weighted by molar-refractivity contribution is 5.88. The average molecular weight is 351 g/mol.